The van der Waals surface area contributed by atoms with Gasteiger partial charge in [0.1, 0.15) is 0 Å². The second-order valence-electron chi connectivity index (χ2n) is 8.09. The van der Waals surface area contributed by atoms with Crippen molar-refractivity contribution < 1.29 is 17.9 Å². The molecular weight excluding hydrogens is 461 g/mol. The average molecular weight is 487 g/mol. The fourth-order valence-corrected chi connectivity index (χ4v) is 4.70. The summed E-state index contributed by atoms with van der Waals surface area (Å²) >= 11 is 1.52. The number of halogens is 3. The van der Waals surface area contributed by atoms with Crippen LogP contribution in [-0.2, 0) is 17.3 Å². The van der Waals surface area contributed by atoms with Gasteiger partial charge in [-0.1, -0.05) is 35.6 Å². The molecule has 4 rings (SSSR count). The normalized spacial score (nSPS) is 13.7. The van der Waals surface area contributed by atoms with Gasteiger partial charge in [-0.05, 0) is 54.1 Å². The van der Waals surface area contributed by atoms with E-state index in [1.54, 1.807) is 13.3 Å². The molecule has 34 heavy (non-hydrogen) atoms. The topological polar surface area (TPSA) is 73.1 Å². The number of fused-ring (bicyclic) bond motifs is 1. The third-order valence-corrected chi connectivity index (χ3v) is 6.67. The minimum atomic E-state index is -4.34. The van der Waals surface area contributed by atoms with Gasteiger partial charge in [0.25, 0.3) is 0 Å². The summed E-state index contributed by atoms with van der Waals surface area (Å²) in [6.45, 7) is 2.38. The van der Waals surface area contributed by atoms with E-state index in [4.69, 9.17) is 15.5 Å². The van der Waals surface area contributed by atoms with Crippen LogP contribution in [0.25, 0.3) is 21.2 Å². The molecule has 0 radical (unpaired) electrons. The number of ether oxygens (including phenoxy) is 1. The van der Waals surface area contributed by atoms with E-state index in [1.165, 1.54) is 23.5 Å². The van der Waals surface area contributed by atoms with Crippen LogP contribution in [0.1, 0.15) is 29.8 Å². The Hall–Kier alpha value is -3.01. The first-order valence-electron chi connectivity index (χ1n) is 10.8. The zero-order valence-electron chi connectivity index (χ0n) is 18.8. The highest BCUT2D eigenvalue weighted by molar-refractivity contribution is 7.19. The summed E-state index contributed by atoms with van der Waals surface area (Å²) in [6.07, 6.45) is -0.499. The van der Waals surface area contributed by atoms with Crippen LogP contribution in [0.3, 0.4) is 0 Å². The molecule has 1 unspecified atom stereocenters. The molecule has 0 aliphatic carbocycles. The van der Waals surface area contributed by atoms with Gasteiger partial charge in [-0.3, -0.25) is 4.98 Å². The van der Waals surface area contributed by atoms with E-state index in [0.717, 1.165) is 44.6 Å². The summed E-state index contributed by atoms with van der Waals surface area (Å²) < 4.78 is 43.8. The maximum atomic E-state index is 12.8. The Bertz CT molecular complexity index is 1260. The first-order valence-corrected chi connectivity index (χ1v) is 11.6. The van der Waals surface area contributed by atoms with E-state index < -0.39 is 11.7 Å². The van der Waals surface area contributed by atoms with Crippen molar-refractivity contribution in [2.45, 2.75) is 31.7 Å². The number of aromatic nitrogens is 2. The largest absolute Gasteiger partial charge is 0.416 e. The minimum Gasteiger partial charge on any atom is -0.375 e. The number of nitrogens with one attached hydrogen (secondary N) is 1. The molecule has 178 valence electrons. The van der Waals surface area contributed by atoms with Gasteiger partial charge in [-0.2, -0.15) is 13.2 Å². The Morgan fingerprint density at radius 1 is 1.09 bits per heavy atom. The Kier molecular flexibility index (Phi) is 7.16. The maximum Gasteiger partial charge on any atom is 0.416 e. The molecule has 5 nitrogen and oxygen atoms in total. The van der Waals surface area contributed by atoms with Gasteiger partial charge >= 0.3 is 6.18 Å². The Morgan fingerprint density at radius 2 is 1.85 bits per heavy atom. The number of hydrogen-bond donors (Lipinski definition) is 2. The molecule has 0 aliphatic rings. The lowest BCUT2D eigenvalue weighted by Gasteiger charge is -2.13. The maximum absolute atomic E-state index is 12.8. The Balaban J connectivity index is 1.48. The lowest BCUT2D eigenvalue weighted by atomic mass is 10.0. The minimum absolute atomic E-state index is 0.198. The lowest BCUT2D eigenvalue weighted by molar-refractivity contribution is -0.137. The predicted molar refractivity (Wildman–Crippen MR) is 130 cm³/mol. The molecule has 0 spiro atoms. The number of nitrogens with zero attached hydrogens (tertiary/aromatic N) is 2. The molecule has 3 N–H and O–H groups in total. The summed E-state index contributed by atoms with van der Waals surface area (Å²) in [5.41, 5.74) is 8.20. The number of alkyl halides is 3. The SMILES string of the molecule is COC(C)c1nc(NC[C@@H](N)Cc2ccc(C(F)(F)F)cc2)sc1-c1ccc2cnccc2c1. The van der Waals surface area contributed by atoms with Gasteiger partial charge < -0.3 is 15.8 Å². The predicted octanol–water partition coefficient (Wildman–Crippen LogP) is 6.07. The van der Waals surface area contributed by atoms with Gasteiger partial charge in [0.05, 0.1) is 22.2 Å². The van der Waals surface area contributed by atoms with E-state index in [-0.39, 0.29) is 12.1 Å². The van der Waals surface area contributed by atoms with Crippen molar-refractivity contribution in [1.29, 1.82) is 0 Å². The third-order valence-electron chi connectivity index (χ3n) is 5.59. The molecule has 2 atom stereocenters. The summed E-state index contributed by atoms with van der Waals surface area (Å²) in [5.74, 6) is 0. The molecule has 0 amide bonds. The second kappa shape index (κ2) is 10.1. The van der Waals surface area contributed by atoms with Gasteiger partial charge in [0.2, 0.25) is 0 Å². The fraction of sp³-hybridized carbons (Fsp3) is 0.280. The molecule has 0 aliphatic heterocycles. The van der Waals surface area contributed by atoms with E-state index in [0.29, 0.717) is 18.1 Å². The summed E-state index contributed by atoms with van der Waals surface area (Å²) in [6, 6.07) is 13.0. The van der Waals surface area contributed by atoms with E-state index in [2.05, 4.69) is 16.4 Å². The summed E-state index contributed by atoms with van der Waals surface area (Å²) in [7, 11) is 1.65. The first kappa shape index (κ1) is 24.1. The molecule has 9 heteroatoms. The van der Waals surface area contributed by atoms with Crippen LogP contribution in [0.4, 0.5) is 18.3 Å². The van der Waals surface area contributed by atoms with Crippen LogP contribution in [0.15, 0.2) is 60.9 Å². The van der Waals surface area contributed by atoms with Gasteiger partial charge in [0, 0.05) is 37.5 Å². The van der Waals surface area contributed by atoms with E-state index >= 15 is 0 Å². The first-order chi connectivity index (χ1) is 16.2. The highest BCUT2D eigenvalue weighted by Gasteiger charge is 2.30. The Labute approximate surface area is 199 Å². The van der Waals surface area contributed by atoms with Crippen LogP contribution in [0, 0.1) is 0 Å². The molecule has 0 bridgehead atoms. The van der Waals surface area contributed by atoms with Gasteiger partial charge in [-0.15, -0.1) is 0 Å². The zero-order valence-corrected chi connectivity index (χ0v) is 19.6. The van der Waals surface area contributed by atoms with Crippen LogP contribution < -0.4 is 11.1 Å². The Morgan fingerprint density at radius 3 is 2.56 bits per heavy atom. The molecule has 0 fully saturated rings. The van der Waals surface area contributed by atoms with Gasteiger partial charge in [-0.25, -0.2) is 4.98 Å². The fourth-order valence-electron chi connectivity index (χ4n) is 3.65. The number of pyridine rings is 1. The van der Waals surface area contributed by atoms with Crippen molar-refractivity contribution >= 4 is 27.2 Å². The molecule has 0 saturated heterocycles. The highest BCUT2D eigenvalue weighted by atomic mass is 32.1. The number of hydrogen-bond acceptors (Lipinski definition) is 6. The zero-order chi connectivity index (χ0) is 24.3. The number of methoxy groups -OCH3 is 1. The standard InChI is InChI=1S/C25H25F3N4OS/c1-15(33-2)22-23(18-5-6-19-13-30-10-9-17(19)12-18)34-24(32-22)31-14-21(29)11-16-3-7-20(8-4-16)25(26,27)28/h3-10,12-13,15,21H,11,14,29H2,1-2H3,(H,31,32)/t15?,21-/m0/s1. The number of benzene rings is 2. The highest BCUT2D eigenvalue weighted by Crippen LogP contribution is 2.38. The third kappa shape index (κ3) is 5.55. The van der Waals surface area contributed by atoms with Crippen molar-refractivity contribution in [3.8, 4) is 10.4 Å². The quantitative estimate of drug-likeness (QED) is 0.316. The van der Waals surface area contributed by atoms with Gasteiger partial charge in [0.15, 0.2) is 5.13 Å². The van der Waals surface area contributed by atoms with Crippen molar-refractivity contribution in [1.82, 2.24) is 9.97 Å². The molecule has 2 heterocycles. The van der Waals surface area contributed by atoms with E-state index in [9.17, 15) is 13.2 Å². The van der Waals surface area contributed by atoms with Crippen molar-refractivity contribution in [3.63, 3.8) is 0 Å². The number of rotatable bonds is 8. The summed E-state index contributed by atoms with van der Waals surface area (Å²) in [4.78, 5) is 9.91. The second-order valence-corrected chi connectivity index (χ2v) is 9.09. The van der Waals surface area contributed by atoms with Crippen molar-refractivity contribution in [3.05, 3.63) is 77.7 Å². The molecule has 4 aromatic rings. The van der Waals surface area contributed by atoms with Crippen molar-refractivity contribution in [2.24, 2.45) is 5.73 Å². The monoisotopic (exact) mass is 486 g/mol. The van der Waals surface area contributed by atoms with Crippen LogP contribution in [0.5, 0.6) is 0 Å². The number of nitrogens with two attached hydrogens (primary N) is 1. The molecular formula is C25H25F3N4OS. The lowest BCUT2D eigenvalue weighted by Crippen LogP contribution is -2.31. The van der Waals surface area contributed by atoms with E-state index in [1.807, 2.05) is 31.3 Å². The van der Waals surface area contributed by atoms with Crippen LogP contribution in [0.2, 0.25) is 0 Å². The smallest absolute Gasteiger partial charge is 0.375 e. The van der Waals surface area contributed by atoms with Crippen molar-refractivity contribution in [2.75, 3.05) is 19.0 Å². The molecule has 0 saturated carbocycles. The van der Waals surface area contributed by atoms with Crippen LogP contribution >= 0.6 is 11.3 Å². The van der Waals surface area contributed by atoms with Crippen LogP contribution in [-0.4, -0.2) is 29.7 Å². The number of anilines is 1. The molecule has 2 aromatic heterocycles. The average Bonchev–Trinajstić information content (AvgIpc) is 3.26. The number of thiazole rings is 1. The molecule has 2 aromatic carbocycles. The summed E-state index contributed by atoms with van der Waals surface area (Å²) in [5, 5.41) is 6.15.